The molecule has 0 aliphatic rings. The van der Waals surface area contributed by atoms with Gasteiger partial charge in [0.2, 0.25) is 0 Å². The lowest BCUT2D eigenvalue weighted by atomic mass is 10.2. The summed E-state index contributed by atoms with van der Waals surface area (Å²) in [6, 6.07) is 10.1. The van der Waals surface area contributed by atoms with Crippen LogP contribution in [0.2, 0.25) is 0 Å². The van der Waals surface area contributed by atoms with Crippen molar-refractivity contribution in [3.05, 3.63) is 42.2 Å². The number of hydrogen-bond acceptors (Lipinski definition) is 4. The van der Waals surface area contributed by atoms with Crippen molar-refractivity contribution in [2.75, 3.05) is 17.2 Å². The monoisotopic (exact) mass is 228 g/mol. The molecule has 0 aliphatic heterocycles. The van der Waals surface area contributed by atoms with E-state index in [1.807, 2.05) is 25.1 Å². The molecule has 0 radical (unpaired) electrons. The van der Waals surface area contributed by atoms with Crippen LogP contribution in [0.25, 0.3) is 0 Å². The highest BCUT2D eigenvalue weighted by molar-refractivity contribution is 5.65. The number of hydrogen-bond donors (Lipinski definition) is 1. The maximum atomic E-state index is 5.81. The van der Waals surface area contributed by atoms with Gasteiger partial charge >= 0.3 is 0 Å². The highest BCUT2D eigenvalue weighted by Crippen LogP contribution is 2.27. The molecule has 17 heavy (non-hydrogen) atoms. The fourth-order valence-corrected chi connectivity index (χ4v) is 1.79. The first-order chi connectivity index (χ1) is 8.24. The van der Waals surface area contributed by atoms with Crippen molar-refractivity contribution in [3.8, 4) is 0 Å². The van der Waals surface area contributed by atoms with Crippen molar-refractivity contribution in [3.63, 3.8) is 0 Å². The van der Waals surface area contributed by atoms with Crippen LogP contribution in [-0.4, -0.2) is 16.5 Å². The number of anilines is 3. The van der Waals surface area contributed by atoms with Gasteiger partial charge < -0.3 is 10.6 Å². The number of benzene rings is 1. The van der Waals surface area contributed by atoms with E-state index in [9.17, 15) is 0 Å². The summed E-state index contributed by atoms with van der Waals surface area (Å²) in [7, 11) is 0. The zero-order valence-electron chi connectivity index (χ0n) is 10.1. The molecule has 0 aliphatic carbocycles. The number of para-hydroxylation sites is 1. The van der Waals surface area contributed by atoms with Gasteiger partial charge in [-0.25, -0.2) is 9.97 Å². The van der Waals surface area contributed by atoms with Crippen LogP contribution in [-0.2, 0) is 0 Å². The Morgan fingerprint density at radius 1 is 1.18 bits per heavy atom. The second-order valence-corrected chi connectivity index (χ2v) is 3.79. The molecular formula is C13H16N4. The second kappa shape index (κ2) is 4.82. The number of nitrogens with two attached hydrogens (primary N) is 1. The van der Waals surface area contributed by atoms with E-state index in [1.54, 1.807) is 0 Å². The Morgan fingerprint density at radius 3 is 2.53 bits per heavy atom. The summed E-state index contributed by atoms with van der Waals surface area (Å²) >= 11 is 0. The molecule has 1 aromatic carbocycles. The molecule has 0 bridgehead atoms. The maximum Gasteiger partial charge on any atom is 0.141 e. The van der Waals surface area contributed by atoms with Crippen LogP contribution in [0.3, 0.4) is 0 Å². The molecule has 0 spiro atoms. The fourth-order valence-electron chi connectivity index (χ4n) is 1.79. The number of nitrogen functional groups attached to an aromatic ring is 1. The first-order valence-electron chi connectivity index (χ1n) is 5.63. The van der Waals surface area contributed by atoms with Crippen molar-refractivity contribution in [2.24, 2.45) is 0 Å². The Hall–Kier alpha value is -2.10. The van der Waals surface area contributed by atoms with Gasteiger partial charge in [0.1, 0.15) is 18.0 Å². The minimum absolute atomic E-state index is 0.532. The third-order valence-corrected chi connectivity index (χ3v) is 2.74. The van der Waals surface area contributed by atoms with Crippen molar-refractivity contribution in [2.45, 2.75) is 13.8 Å². The smallest absolute Gasteiger partial charge is 0.141 e. The molecule has 2 N–H and O–H groups in total. The molecule has 4 heteroatoms. The molecule has 4 nitrogen and oxygen atoms in total. The van der Waals surface area contributed by atoms with Crippen molar-refractivity contribution >= 4 is 17.3 Å². The average Bonchev–Trinajstić information content (AvgIpc) is 2.37. The van der Waals surface area contributed by atoms with Crippen molar-refractivity contribution in [1.29, 1.82) is 0 Å². The topological polar surface area (TPSA) is 55.0 Å². The van der Waals surface area contributed by atoms with Crippen LogP contribution in [0, 0.1) is 6.92 Å². The highest BCUT2D eigenvalue weighted by atomic mass is 15.2. The summed E-state index contributed by atoms with van der Waals surface area (Å²) in [4.78, 5) is 10.4. The SMILES string of the molecule is CCN(c1ccccc1)c1ncnc(N)c1C. The molecule has 0 saturated heterocycles. The number of nitrogens with zero attached hydrogens (tertiary/aromatic N) is 3. The molecule has 0 atom stereocenters. The third-order valence-electron chi connectivity index (χ3n) is 2.74. The van der Waals surface area contributed by atoms with E-state index >= 15 is 0 Å². The zero-order valence-corrected chi connectivity index (χ0v) is 10.1. The molecule has 1 heterocycles. The zero-order chi connectivity index (χ0) is 12.3. The van der Waals surface area contributed by atoms with Crippen LogP contribution in [0.4, 0.5) is 17.3 Å². The van der Waals surface area contributed by atoms with Crippen LogP contribution < -0.4 is 10.6 Å². The average molecular weight is 228 g/mol. The Kier molecular flexibility index (Phi) is 3.23. The molecule has 2 rings (SSSR count). The Balaban J connectivity index is 2.46. The molecule has 0 fully saturated rings. The lowest BCUT2D eigenvalue weighted by Crippen LogP contribution is -2.19. The Labute approximate surface area is 101 Å². The van der Waals surface area contributed by atoms with Gasteiger partial charge in [0.05, 0.1) is 0 Å². The van der Waals surface area contributed by atoms with Crippen LogP contribution >= 0.6 is 0 Å². The molecule has 0 saturated carbocycles. The summed E-state index contributed by atoms with van der Waals surface area (Å²) in [5.74, 6) is 1.40. The second-order valence-electron chi connectivity index (χ2n) is 3.79. The van der Waals surface area contributed by atoms with Crippen LogP contribution in [0.15, 0.2) is 36.7 Å². The predicted octanol–water partition coefficient (Wildman–Crippen LogP) is 2.53. The number of rotatable bonds is 3. The molecule has 2 aromatic rings. The summed E-state index contributed by atoms with van der Waals surface area (Å²) in [6.07, 6.45) is 1.50. The summed E-state index contributed by atoms with van der Waals surface area (Å²) < 4.78 is 0. The lowest BCUT2D eigenvalue weighted by Gasteiger charge is -2.23. The van der Waals surface area contributed by atoms with E-state index in [0.717, 1.165) is 23.6 Å². The molecular weight excluding hydrogens is 212 g/mol. The summed E-state index contributed by atoms with van der Waals surface area (Å²) in [6.45, 7) is 4.86. The van der Waals surface area contributed by atoms with E-state index in [-0.39, 0.29) is 0 Å². The third kappa shape index (κ3) is 2.20. The van der Waals surface area contributed by atoms with E-state index in [0.29, 0.717) is 5.82 Å². The van der Waals surface area contributed by atoms with Gasteiger partial charge in [-0.15, -0.1) is 0 Å². The largest absolute Gasteiger partial charge is 0.383 e. The van der Waals surface area contributed by atoms with Crippen molar-refractivity contribution < 1.29 is 0 Å². The first-order valence-corrected chi connectivity index (χ1v) is 5.63. The van der Waals surface area contributed by atoms with E-state index in [1.165, 1.54) is 6.33 Å². The summed E-state index contributed by atoms with van der Waals surface area (Å²) in [5, 5.41) is 0. The minimum Gasteiger partial charge on any atom is -0.383 e. The predicted molar refractivity (Wildman–Crippen MR) is 70.3 cm³/mol. The Bertz CT molecular complexity index is 496. The van der Waals surface area contributed by atoms with Gasteiger partial charge in [-0.1, -0.05) is 18.2 Å². The minimum atomic E-state index is 0.532. The van der Waals surface area contributed by atoms with Gasteiger partial charge in [0.15, 0.2) is 0 Å². The maximum absolute atomic E-state index is 5.81. The highest BCUT2D eigenvalue weighted by Gasteiger charge is 2.12. The van der Waals surface area contributed by atoms with Crippen LogP contribution in [0.1, 0.15) is 12.5 Å². The van der Waals surface area contributed by atoms with Crippen molar-refractivity contribution in [1.82, 2.24) is 9.97 Å². The van der Waals surface area contributed by atoms with Crippen LogP contribution in [0.5, 0.6) is 0 Å². The van der Waals surface area contributed by atoms with E-state index in [2.05, 4.69) is 33.9 Å². The molecule has 0 amide bonds. The fraction of sp³-hybridized carbons (Fsp3) is 0.231. The first kappa shape index (κ1) is 11.4. The van der Waals surface area contributed by atoms with Gasteiger partial charge in [0.25, 0.3) is 0 Å². The van der Waals surface area contributed by atoms with Gasteiger partial charge in [-0.2, -0.15) is 0 Å². The quantitative estimate of drug-likeness (QED) is 0.877. The lowest BCUT2D eigenvalue weighted by molar-refractivity contribution is 0.965. The van der Waals surface area contributed by atoms with Gasteiger partial charge in [0, 0.05) is 17.8 Å². The van der Waals surface area contributed by atoms with E-state index in [4.69, 9.17) is 5.73 Å². The van der Waals surface area contributed by atoms with Gasteiger partial charge in [-0.3, -0.25) is 0 Å². The number of aromatic nitrogens is 2. The Morgan fingerprint density at radius 2 is 1.88 bits per heavy atom. The standard InChI is InChI=1S/C13H16N4/c1-3-17(11-7-5-4-6-8-11)13-10(2)12(14)15-9-16-13/h4-9H,3H2,1-2H3,(H2,14,15,16). The summed E-state index contributed by atoms with van der Waals surface area (Å²) in [5.41, 5.74) is 7.84. The van der Waals surface area contributed by atoms with E-state index < -0.39 is 0 Å². The normalized spacial score (nSPS) is 10.2. The molecule has 1 aromatic heterocycles. The van der Waals surface area contributed by atoms with Gasteiger partial charge in [-0.05, 0) is 26.0 Å². The molecule has 0 unspecified atom stereocenters. The molecule has 88 valence electrons.